The standard InChI is InChI=1S/C15H18N2O3/c16-15(14(19)20)6-7-17(9-15)13(18)12-5-4-10-2-1-3-11(10)8-12/h4-5,8H,1-3,6-7,9,16H2,(H,19,20). The van der Waals surface area contributed by atoms with Crippen LogP contribution in [-0.2, 0) is 17.6 Å². The molecular formula is C15H18N2O3. The van der Waals surface area contributed by atoms with Crippen LogP contribution < -0.4 is 5.73 Å². The van der Waals surface area contributed by atoms with Crippen LogP contribution >= 0.6 is 0 Å². The Morgan fingerprint density at radius 1 is 1.25 bits per heavy atom. The molecule has 20 heavy (non-hydrogen) atoms. The Morgan fingerprint density at radius 3 is 2.70 bits per heavy atom. The van der Waals surface area contributed by atoms with Gasteiger partial charge in [0.15, 0.2) is 0 Å². The van der Waals surface area contributed by atoms with Crippen LogP contribution in [0.3, 0.4) is 0 Å². The molecule has 1 heterocycles. The third kappa shape index (κ3) is 2.08. The molecule has 0 spiro atoms. The molecule has 2 aliphatic rings. The molecule has 1 amide bonds. The summed E-state index contributed by atoms with van der Waals surface area (Å²) in [5.74, 6) is -1.16. The van der Waals surface area contributed by atoms with Gasteiger partial charge in [-0.1, -0.05) is 6.07 Å². The summed E-state index contributed by atoms with van der Waals surface area (Å²) in [5, 5.41) is 9.11. The van der Waals surface area contributed by atoms with E-state index < -0.39 is 11.5 Å². The molecule has 1 atom stereocenters. The number of aryl methyl sites for hydroxylation is 2. The fourth-order valence-electron chi connectivity index (χ4n) is 3.07. The highest BCUT2D eigenvalue weighted by molar-refractivity contribution is 5.95. The molecule has 3 N–H and O–H groups in total. The van der Waals surface area contributed by atoms with Gasteiger partial charge >= 0.3 is 5.97 Å². The van der Waals surface area contributed by atoms with Crippen molar-refractivity contribution in [2.75, 3.05) is 13.1 Å². The van der Waals surface area contributed by atoms with Crippen molar-refractivity contribution in [3.63, 3.8) is 0 Å². The molecule has 1 unspecified atom stereocenters. The Kier molecular flexibility index (Phi) is 3.01. The van der Waals surface area contributed by atoms with Crippen molar-refractivity contribution >= 4 is 11.9 Å². The average molecular weight is 274 g/mol. The van der Waals surface area contributed by atoms with Crippen molar-refractivity contribution in [1.82, 2.24) is 4.90 Å². The minimum absolute atomic E-state index is 0.0816. The Morgan fingerprint density at radius 2 is 2.00 bits per heavy atom. The van der Waals surface area contributed by atoms with E-state index in [0.29, 0.717) is 18.5 Å². The third-order valence-electron chi connectivity index (χ3n) is 4.36. The lowest BCUT2D eigenvalue weighted by Crippen LogP contribution is -2.50. The zero-order chi connectivity index (χ0) is 14.3. The average Bonchev–Trinajstić information content (AvgIpc) is 3.04. The van der Waals surface area contributed by atoms with Gasteiger partial charge in [-0.3, -0.25) is 9.59 Å². The molecule has 1 aliphatic heterocycles. The van der Waals surface area contributed by atoms with E-state index in [0.717, 1.165) is 19.3 Å². The fourth-order valence-corrected chi connectivity index (χ4v) is 3.07. The molecule has 5 nitrogen and oxygen atoms in total. The number of nitrogens with zero attached hydrogens (tertiary/aromatic N) is 1. The van der Waals surface area contributed by atoms with Crippen molar-refractivity contribution in [2.24, 2.45) is 5.73 Å². The SMILES string of the molecule is NC1(C(=O)O)CCN(C(=O)c2ccc3c(c2)CCC3)C1. The van der Waals surface area contributed by atoms with E-state index >= 15 is 0 Å². The molecule has 0 aromatic heterocycles. The first-order chi connectivity index (χ1) is 9.49. The first kappa shape index (κ1) is 13.1. The maximum absolute atomic E-state index is 12.4. The Bertz CT molecular complexity index is 584. The molecule has 3 rings (SSSR count). The summed E-state index contributed by atoms with van der Waals surface area (Å²) >= 11 is 0. The maximum Gasteiger partial charge on any atom is 0.325 e. The molecule has 1 aliphatic carbocycles. The molecule has 1 aromatic rings. The molecule has 5 heteroatoms. The predicted octanol–water partition coefficient (Wildman–Crippen LogP) is 0.803. The molecule has 0 saturated carbocycles. The second kappa shape index (κ2) is 4.59. The lowest BCUT2D eigenvalue weighted by molar-refractivity contribution is -0.142. The largest absolute Gasteiger partial charge is 0.480 e. The summed E-state index contributed by atoms with van der Waals surface area (Å²) in [6, 6.07) is 5.80. The van der Waals surface area contributed by atoms with Crippen molar-refractivity contribution in [3.8, 4) is 0 Å². The van der Waals surface area contributed by atoms with Crippen molar-refractivity contribution in [3.05, 3.63) is 34.9 Å². The van der Waals surface area contributed by atoms with E-state index in [1.165, 1.54) is 11.1 Å². The molecule has 0 bridgehead atoms. The number of hydrogen-bond donors (Lipinski definition) is 2. The number of likely N-dealkylation sites (tertiary alicyclic amines) is 1. The second-order valence-corrected chi connectivity index (χ2v) is 5.78. The van der Waals surface area contributed by atoms with E-state index in [1.54, 1.807) is 4.90 Å². The monoisotopic (exact) mass is 274 g/mol. The number of benzene rings is 1. The Balaban J connectivity index is 1.79. The van der Waals surface area contributed by atoms with E-state index in [9.17, 15) is 9.59 Å². The number of carbonyl (C=O) groups excluding carboxylic acids is 1. The minimum atomic E-state index is -1.30. The highest BCUT2D eigenvalue weighted by atomic mass is 16.4. The van der Waals surface area contributed by atoms with Crippen LogP contribution in [0.1, 0.15) is 34.3 Å². The van der Waals surface area contributed by atoms with Gasteiger partial charge in [-0.2, -0.15) is 0 Å². The second-order valence-electron chi connectivity index (χ2n) is 5.78. The van der Waals surface area contributed by atoms with Crippen molar-refractivity contribution in [2.45, 2.75) is 31.2 Å². The van der Waals surface area contributed by atoms with Gasteiger partial charge in [-0.15, -0.1) is 0 Å². The first-order valence-corrected chi connectivity index (χ1v) is 6.93. The van der Waals surface area contributed by atoms with Gasteiger partial charge in [-0.25, -0.2) is 0 Å². The van der Waals surface area contributed by atoms with Crippen LogP contribution in [0.25, 0.3) is 0 Å². The number of amides is 1. The molecular weight excluding hydrogens is 256 g/mol. The molecule has 106 valence electrons. The topological polar surface area (TPSA) is 83.6 Å². The highest BCUT2D eigenvalue weighted by Crippen LogP contribution is 2.25. The molecule has 1 aromatic carbocycles. The van der Waals surface area contributed by atoms with Crippen molar-refractivity contribution in [1.29, 1.82) is 0 Å². The van der Waals surface area contributed by atoms with Gasteiger partial charge in [0.2, 0.25) is 0 Å². The van der Waals surface area contributed by atoms with Crippen molar-refractivity contribution < 1.29 is 14.7 Å². The lowest BCUT2D eigenvalue weighted by atomic mass is 10.0. The van der Waals surface area contributed by atoms with E-state index in [-0.39, 0.29) is 12.5 Å². The number of carboxylic acid groups (broad SMARTS) is 1. The predicted molar refractivity (Wildman–Crippen MR) is 73.5 cm³/mol. The van der Waals surface area contributed by atoms with E-state index in [1.807, 2.05) is 18.2 Å². The van der Waals surface area contributed by atoms with Gasteiger partial charge in [0.05, 0.1) is 0 Å². The third-order valence-corrected chi connectivity index (χ3v) is 4.36. The van der Waals surface area contributed by atoms with Gasteiger partial charge < -0.3 is 15.7 Å². The molecule has 1 fully saturated rings. The summed E-state index contributed by atoms with van der Waals surface area (Å²) in [6.07, 6.45) is 3.55. The first-order valence-electron chi connectivity index (χ1n) is 6.93. The van der Waals surface area contributed by atoms with Gasteiger partial charge in [0, 0.05) is 18.7 Å². The lowest BCUT2D eigenvalue weighted by Gasteiger charge is -2.20. The number of nitrogens with two attached hydrogens (primary N) is 1. The summed E-state index contributed by atoms with van der Waals surface area (Å²) in [5.41, 5.74) is 7.71. The van der Waals surface area contributed by atoms with E-state index in [4.69, 9.17) is 10.8 Å². The smallest absolute Gasteiger partial charge is 0.325 e. The Labute approximate surface area is 117 Å². The zero-order valence-electron chi connectivity index (χ0n) is 11.3. The van der Waals surface area contributed by atoms with Gasteiger partial charge in [-0.05, 0) is 48.9 Å². The number of rotatable bonds is 2. The summed E-state index contributed by atoms with van der Waals surface area (Å²) in [4.78, 5) is 25.1. The van der Waals surface area contributed by atoms with Crippen LogP contribution in [0, 0.1) is 0 Å². The van der Waals surface area contributed by atoms with Crippen LogP contribution in [0.5, 0.6) is 0 Å². The summed E-state index contributed by atoms with van der Waals surface area (Å²) in [6.45, 7) is 0.483. The van der Waals surface area contributed by atoms with Crippen LogP contribution in [0.15, 0.2) is 18.2 Å². The fraction of sp³-hybridized carbons (Fsp3) is 0.467. The van der Waals surface area contributed by atoms with Crippen LogP contribution in [0.2, 0.25) is 0 Å². The van der Waals surface area contributed by atoms with Gasteiger partial charge in [0.25, 0.3) is 5.91 Å². The number of carbonyl (C=O) groups is 2. The zero-order valence-corrected chi connectivity index (χ0v) is 11.3. The van der Waals surface area contributed by atoms with Gasteiger partial charge in [0.1, 0.15) is 5.54 Å². The minimum Gasteiger partial charge on any atom is -0.480 e. The van der Waals surface area contributed by atoms with E-state index in [2.05, 4.69) is 0 Å². The maximum atomic E-state index is 12.4. The summed E-state index contributed by atoms with van der Waals surface area (Å²) in [7, 11) is 0. The molecule has 0 radical (unpaired) electrons. The quantitative estimate of drug-likeness (QED) is 0.835. The highest BCUT2D eigenvalue weighted by Gasteiger charge is 2.43. The number of carboxylic acids is 1. The number of fused-ring (bicyclic) bond motifs is 1. The Hall–Kier alpha value is -1.88. The van der Waals surface area contributed by atoms with Crippen LogP contribution in [-0.4, -0.2) is 40.5 Å². The number of aliphatic carboxylic acids is 1. The summed E-state index contributed by atoms with van der Waals surface area (Å²) < 4.78 is 0. The normalized spacial score (nSPS) is 24.8. The molecule has 1 saturated heterocycles. The van der Waals surface area contributed by atoms with Crippen LogP contribution in [0.4, 0.5) is 0 Å². The number of hydrogen-bond acceptors (Lipinski definition) is 3.